The minimum atomic E-state index is 0.487. The standard InChI is InChI=1S/C7H7NO.C2H6/c1-6-2-4-7(8-9)5-3-6;1-2/h2-5H,1H3;1-2H3. The number of hydrogen-bond acceptors (Lipinski definition) is 2. The lowest BCUT2D eigenvalue weighted by atomic mass is 10.2. The van der Waals surface area contributed by atoms with Crippen LogP contribution in [-0.2, 0) is 0 Å². The lowest BCUT2D eigenvalue weighted by Gasteiger charge is -1.88. The van der Waals surface area contributed by atoms with Crippen molar-refractivity contribution in [1.82, 2.24) is 0 Å². The Kier molecular flexibility index (Phi) is 4.99. The fraction of sp³-hybridized carbons (Fsp3) is 0.333. The maximum atomic E-state index is 9.87. The van der Waals surface area contributed by atoms with Gasteiger partial charge in [0, 0.05) is 0 Å². The summed E-state index contributed by atoms with van der Waals surface area (Å²) >= 11 is 0. The number of nitrogens with zero attached hydrogens (tertiary/aromatic N) is 1. The van der Waals surface area contributed by atoms with E-state index in [1.165, 1.54) is 0 Å². The van der Waals surface area contributed by atoms with Crippen molar-refractivity contribution in [3.63, 3.8) is 0 Å². The largest absolute Gasteiger partial charge is 0.145 e. The maximum absolute atomic E-state index is 9.87. The highest BCUT2D eigenvalue weighted by Gasteiger charge is 1.86. The van der Waals surface area contributed by atoms with Gasteiger partial charge in [-0.05, 0) is 24.2 Å². The molecule has 1 aromatic carbocycles. The zero-order chi connectivity index (χ0) is 8.69. The van der Waals surface area contributed by atoms with Crippen molar-refractivity contribution >= 4 is 5.69 Å². The van der Waals surface area contributed by atoms with E-state index in [1.807, 2.05) is 32.9 Å². The summed E-state index contributed by atoms with van der Waals surface area (Å²) in [7, 11) is 0. The van der Waals surface area contributed by atoms with E-state index in [1.54, 1.807) is 12.1 Å². The first-order chi connectivity index (χ1) is 5.33. The van der Waals surface area contributed by atoms with Crippen molar-refractivity contribution in [3.8, 4) is 0 Å². The molecule has 1 aromatic rings. The van der Waals surface area contributed by atoms with E-state index < -0.39 is 0 Å². The summed E-state index contributed by atoms with van der Waals surface area (Å²) in [6, 6.07) is 7.11. The molecule has 0 unspecified atom stereocenters. The van der Waals surface area contributed by atoms with Crippen LogP contribution < -0.4 is 0 Å². The summed E-state index contributed by atoms with van der Waals surface area (Å²) in [6.07, 6.45) is 0. The summed E-state index contributed by atoms with van der Waals surface area (Å²) in [6.45, 7) is 5.97. The molecule has 0 radical (unpaired) electrons. The minimum Gasteiger partial charge on any atom is -0.145 e. The SMILES string of the molecule is CC.Cc1ccc(N=O)cc1. The average Bonchev–Trinajstić information content (AvgIpc) is 2.10. The fourth-order valence-corrected chi connectivity index (χ4v) is 0.606. The smallest absolute Gasteiger partial charge is 0.108 e. The second kappa shape index (κ2) is 5.59. The molecule has 0 bridgehead atoms. The van der Waals surface area contributed by atoms with E-state index in [4.69, 9.17) is 0 Å². The number of hydrogen-bond donors (Lipinski definition) is 0. The van der Waals surface area contributed by atoms with Crippen LogP contribution in [0.1, 0.15) is 19.4 Å². The predicted molar refractivity (Wildman–Crippen MR) is 48.0 cm³/mol. The number of aryl methyl sites for hydroxylation is 1. The highest BCUT2D eigenvalue weighted by atomic mass is 16.3. The van der Waals surface area contributed by atoms with Gasteiger partial charge in [-0.1, -0.05) is 31.5 Å². The Labute approximate surface area is 67.2 Å². The van der Waals surface area contributed by atoms with E-state index >= 15 is 0 Å². The lowest BCUT2D eigenvalue weighted by molar-refractivity contribution is 1.43. The van der Waals surface area contributed by atoms with Gasteiger partial charge in [-0.25, -0.2) is 0 Å². The Balaban J connectivity index is 0.000000461. The van der Waals surface area contributed by atoms with Crippen LogP contribution in [0.5, 0.6) is 0 Å². The van der Waals surface area contributed by atoms with Crippen LogP contribution >= 0.6 is 0 Å². The number of rotatable bonds is 1. The van der Waals surface area contributed by atoms with E-state index in [0.29, 0.717) is 5.69 Å². The van der Waals surface area contributed by atoms with Gasteiger partial charge < -0.3 is 0 Å². The molecule has 0 saturated heterocycles. The molecule has 11 heavy (non-hydrogen) atoms. The van der Waals surface area contributed by atoms with Gasteiger partial charge in [0.25, 0.3) is 0 Å². The second-order valence-corrected chi connectivity index (χ2v) is 1.93. The van der Waals surface area contributed by atoms with Crippen LogP contribution in [0.15, 0.2) is 29.4 Å². The van der Waals surface area contributed by atoms with Gasteiger partial charge in [0.15, 0.2) is 0 Å². The van der Waals surface area contributed by atoms with E-state index in [9.17, 15) is 4.91 Å². The molecule has 0 saturated carbocycles. The van der Waals surface area contributed by atoms with Crippen molar-refractivity contribution < 1.29 is 0 Å². The van der Waals surface area contributed by atoms with Crippen molar-refractivity contribution in [2.24, 2.45) is 5.18 Å². The molecule has 0 aliphatic carbocycles. The van der Waals surface area contributed by atoms with Crippen LogP contribution in [0, 0.1) is 11.8 Å². The molecular weight excluding hydrogens is 138 g/mol. The predicted octanol–water partition coefficient (Wildman–Crippen LogP) is 3.42. The van der Waals surface area contributed by atoms with Crippen LogP contribution in [0.4, 0.5) is 5.69 Å². The van der Waals surface area contributed by atoms with Crippen molar-refractivity contribution in [3.05, 3.63) is 34.7 Å². The maximum Gasteiger partial charge on any atom is 0.108 e. The Morgan fingerprint density at radius 2 is 1.55 bits per heavy atom. The minimum absolute atomic E-state index is 0.487. The summed E-state index contributed by atoms with van der Waals surface area (Å²) in [4.78, 5) is 9.87. The Hall–Kier alpha value is -1.18. The summed E-state index contributed by atoms with van der Waals surface area (Å²) in [5.74, 6) is 0. The van der Waals surface area contributed by atoms with Gasteiger partial charge in [0.1, 0.15) is 5.69 Å². The summed E-state index contributed by atoms with van der Waals surface area (Å²) in [5.41, 5.74) is 1.63. The molecule has 2 nitrogen and oxygen atoms in total. The molecule has 0 atom stereocenters. The van der Waals surface area contributed by atoms with Crippen LogP contribution in [-0.4, -0.2) is 0 Å². The number of benzene rings is 1. The molecule has 0 N–H and O–H groups in total. The Bertz CT molecular complexity index is 203. The normalized spacial score (nSPS) is 7.91. The molecular formula is C9H13NO. The molecule has 0 spiro atoms. The topological polar surface area (TPSA) is 29.4 Å². The molecule has 2 heteroatoms. The van der Waals surface area contributed by atoms with Gasteiger partial charge in [0.05, 0.1) is 0 Å². The van der Waals surface area contributed by atoms with Crippen molar-refractivity contribution in [2.75, 3.05) is 0 Å². The van der Waals surface area contributed by atoms with Gasteiger partial charge in [-0.2, -0.15) is 0 Å². The first kappa shape index (κ1) is 9.82. The molecule has 1 rings (SSSR count). The lowest BCUT2D eigenvalue weighted by Crippen LogP contribution is -1.66. The average molecular weight is 151 g/mol. The monoisotopic (exact) mass is 151 g/mol. The second-order valence-electron chi connectivity index (χ2n) is 1.93. The first-order valence-corrected chi connectivity index (χ1v) is 3.73. The van der Waals surface area contributed by atoms with Crippen LogP contribution in [0.3, 0.4) is 0 Å². The Morgan fingerprint density at radius 3 is 1.91 bits per heavy atom. The number of nitroso groups, excluding NO2 is 1. The van der Waals surface area contributed by atoms with E-state index in [-0.39, 0.29) is 0 Å². The van der Waals surface area contributed by atoms with Gasteiger partial charge in [-0.3, -0.25) is 0 Å². The molecule has 0 aliphatic heterocycles. The van der Waals surface area contributed by atoms with Gasteiger partial charge in [-0.15, -0.1) is 4.91 Å². The third-order valence-corrected chi connectivity index (χ3v) is 1.14. The third kappa shape index (κ3) is 3.50. The molecule has 60 valence electrons. The highest BCUT2D eigenvalue weighted by Crippen LogP contribution is 2.10. The summed E-state index contributed by atoms with van der Waals surface area (Å²) in [5, 5.41) is 2.76. The molecule has 0 amide bonds. The zero-order valence-corrected chi connectivity index (χ0v) is 7.16. The third-order valence-electron chi connectivity index (χ3n) is 1.14. The van der Waals surface area contributed by atoms with Crippen molar-refractivity contribution in [2.45, 2.75) is 20.8 Å². The van der Waals surface area contributed by atoms with E-state index in [0.717, 1.165) is 5.56 Å². The molecule has 0 fully saturated rings. The van der Waals surface area contributed by atoms with Crippen LogP contribution in [0.25, 0.3) is 0 Å². The Morgan fingerprint density at radius 1 is 1.09 bits per heavy atom. The van der Waals surface area contributed by atoms with Crippen LogP contribution in [0.2, 0.25) is 0 Å². The zero-order valence-electron chi connectivity index (χ0n) is 7.16. The fourth-order valence-electron chi connectivity index (χ4n) is 0.606. The molecule has 0 heterocycles. The molecule has 0 aromatic heterocycles. The first-order valence-electron chi connectivity index (χ1n) is 3.73. The van der Waals surface area contributed by atoms with E-state index in [2.05, 4.69) is 5.18 Å². The quantitative estimate of drug-likeness (QED) is 0.565. The van der Waals surface area contributed by atoms with Crippen molar-refractivity contribution in [1.29, 1.82) is 0 Å². The molecule has 0 aliphatic rings. The summed E-state index contributed by atoms with van der Waals surface area (Å²) < 4.78 is 0. The highest BCUT2D eigenvalue weighted by molar-refractivity contribution is 5.37. The van der Waals surface area contributed by atoms with Gasteiger partial charge >= 0.3 is 0 Å². The van der Waals surface area contributed by atoms with Gasteiger partial charge in [0.2, 0.25) is 0 Å².